The van der Waals surface area contributed by atoms with Gasteiger partial charge in [-0.25, -0.2) is 4.39 Å². The molecule has 0 atom stereocenters. The molecule has 0 saturated heterocycles. The van der Waals surface area contributed by atoms with Crippen molar-refractivity contribution in [3.63, 3.8) is 0 Å². The molecule has 2 aromatic carbocycles. The molecular formula is C18H21FN2O6S2. The van der Waals surface area contributed by atoms with E-state index in [9.17, 15) is 22.9 Å². The van der Waals surface area contributed by atoms with Crippen LogP contribution in [-0.4, -0.2) is 51.8 Å². The summed E-state index contributed by atoms with van der Waals surface area (Å²) in [4.78, 5) is 13.6. The molecule has 0 aliphatic heterocycles. The summed E-state index contributed by atoms with van der Waals surface area (Å²) in [5.41, 5.74) is 0.546. The molecule has 2 aromatic rings. The molecular weight excluding hydrogens is 423 g/mol. The minimum Gasteiger partial charge on any atom is -0.491 e. The van der Waals surface area contributed by atoms with Gasteiger partial charge in [-0.15, -0.1) is 0 Å². The predicted octanol–water partition coefficient (Wildman–Crippen LogP) is 3.30. The van der Waals surface area contributed by atoms with Gasteiger partial charge in [-0.1, -0.05) is 11.8 Å². The van der Waals surface area contributed by atoms with Gasteiger partial charge in [-0.3, -0.25) is 14.3 Å². The van der Waals surface area contributed by atoms with E-state index in [4.69, 9.17) is 4.74 Å². The molecule has 0 heterocycles. The minimum absolute atomic E-state index is 0.0460. The lowest BCUT2D eigenvalue weighted by Crippen LogP contribution is -2.13. The Morgan fingerprint density at radius 3 is 2.45 bits per heavy atom. The number of halogens is 1. The number of nitrogens with zero attached hydrogens (tertiary/aromatic N) is 2. The highest BCUT2D eigenvalue weighted by Gasteiger charge is 2.18. The highest BCUT2D eigenvalue weighted by atomic mass is 32.2. The maximum absolute atomic E-state index is 13.4. The minimum atomic E-state index is -3.53. The van der Waals surface area contributed by atoms with Crippen molar-refractivity contribution >= 4 is 27.6 Å². The Balaban J connectivity index is 2.22. The van der Waals surface area contributed by atoms with Gasteiger partial charge in [0.1, 0.15) is 24.8 Å². The maximum atomic E-state index is 13.4. The van der Waals surface area contributed by atoms with Gasteiger partial charge in [0.2, 0.25) is 0 Å². The van der Waals surface area contributed by atoms with Crippen LogP contribution in [0.1, 0.15) is 5.56 Å². The van der Waals surface area contributed by atoms with Gasteiger partial charge in [0.15, 0.2) is 0 Å². The van der Waals surface area contributed by atoms with Crippen LogP contribution in [0.3, 0.4) is 0 Å². The highest BCUT2D eigenvalue weighted by molar-refractivity contribution is 7.99. The average molecular weight is 445 g/mol. The van der Waals surface area contributed by atoms with Gasteiger partial charge in [-0.2, -0.15) is 8.42 Å². The van der Waals surface area contributed by atoms with E-state index < -0.39 is 20.9 Å². The van der Waals surface area contributed by atoms with E-state index >= 15 is 0 Å². The smallest absolute Gasteiger partial charge is 0.286 e. The number of benzene rings is 2. The fourth-order valence-corrected chi connectivity index (χ4v) is 3.76. The number of rotatable bonds is 10. The second kappa shape index (κ2) is 10.0. The topological polar surface area (TPSA) is 99.0 Å². The average Bonchev–Trinajstić information content (AvgIpc) is 2.60. The Hall–Kier alpha value is -2.21. The molecule has 0 bridgehead atoms. The van der Waals surface area contributed by atoms with Crippen molar-refractivity contribution in [3.05, 3.63) is 57.9 Å². The summed E-state index contributed by atoms with van der Waals surface area (Å²) in [6.45, 7) is 0.471. The van der Waals surface area contributed by atoms with Crippen molar-refractivity contribution in [3.8, 4) is 5.75 Å². The van der Waals surface area contributed by atoms with Crippen molar-refractivity contribution in [2.75, 3.05) is 33.6 Å². The van der Waals surface area contributed by atoms with E-state index in [2.05, 4.69) is 4.18 Å². The van der Waals surface area contributed by atoms with Crippen LogP contribution in [-0.2, 0) is 20.8 Å². The van der Waals surface area contributed by atoms with Crippen molar-refractivity contribution in [2.24, 2.45) is 0 Å². The lowest BCUT2D eigenvalue weighted by atomic mass is 10.2. The lowest BCUT2D eigenvalue weighted by molar-refractivity contribution is -0.387. The Kier molecular flexibility index (Phi) is 7.96. The second-order valence-electron chi connectivity index (χ2n) is 6.35. The molecule has 0 fully saturated rings. The largest absolute Gasteiger partial charge is 0.491 e. The van der Waals surface area contributed by atoms with E-state index in [1.807, 2.05) is 19.0 Å². The normalized spacial score (nSPS) is 11.6. The third-order valence-electron chi connectivity index (χ3n) is 3.51. The standard InChI is InChI=1S/C18H21FN2O6S2/c1-20(2)12-13-10-15(26-8-9-27-29(3,24)25)5-7-17(13)28-18-6-4-14(19)11-16(18)21(22)23/h4-7,10-11H,8-9,12H2,1-3H3. The van der Waals surface area contributed by atoms with Crippen LogP contribution in [0.5, 0.6) is 5.75 Å². The maximum Gasteiger partial charge on any atom is 0.286 e. The summed E-state index contributed by atoms with van der Waals surface area (Å²) >= 11 is 1.17. The molecule has 158 valence electrons. The first kappa shape index (κ1) is 23.1. The van der Waals surface area contributed by atoms with E-state index in [1.54, 1.807) is 18.2 Å². The number of hydrogen-bond acceptors (Lipinski definition) is 8. The van der Waals surface area contributed by atoms with Crippen LogP contribution >= 0.6 is 11.8 Å². The van der Waals surface area contributed by atoms with Crippen LogP contribution in [0.25, 0.3) is 0 Å². The van der Waals surface area contributed by atoms with Crippen LogP contribution in [0.4, 0.5) is 10.1 Å². The van der Waals surface area contributed by atoms with Crippen molar-refractivity contribution in [1.29, 1.82) is 0 Å². The van der Waals surface area contributed by atoms with Crippen molar-refractivity contribution in [2.45, 2.75) is 16.3 Å². The zero-order valence-electron chi connectivity index (χ0n) is 16.1. The van der Waals surface area contributed by atoms with Gasteiger partial charge >= 0.3 is 0 Å². The summed E-state index contributed by atoms with van der Waals surface area (Å²) in [7, 11) is 0.225. The SMILES string of the molecule is CN(C)Cc1cc(OCCOS(C)(=O)=O)ccc1Sc1ccc(F)cc1[N+](=O)[O-]. The van der Waals surface area contributed by atoms with Gasteiger partial charge < -0.3 is 9.64 Å². The van der Waals surface area contributed by atoms with Crippen LogP contribution in [0.15, 0.2) is 46.2 Å². The zero-order valence-corrected chi connectivity index (χ0v) is 17.8. The first-order valence-electron chi connectivity index (χ1n) is 8.42. The molecule has 2 rings (SSSR count). The Morgan fingerprint density at radius 1 is 1.14 bits per heavy atom. The molecule has 0 aliphatic carbocycles. The summed E-state index contributed by atoms with van der Waals surface area (Å²) < 4.78 is 45.5. The molecule has 0 amide bonds. The fourth-order valence-electron chi connectivity index (χ4n) is 2.39. The van der Waals surface area contributed by atoms with Gasteiger partial charge in [-0.05, 0) is 50.0 Å². The molecule has 8 nitrogen and oxygen atoms in total. The van der Waals surface area contributed by atoms with E-state index in [0.717, 1.165) is 22.8 Å². The van der Waals surface area contributed by atoms with E-state index in [-0.39, 0.29) is 18.9 Å². The first-order valence-corrected chi connectivity index (χ1v) is 11.0. The zero-order chi connectivity index (χ0) is 21.6. The fraction of sp³-hybridized carbons (Fsp3) is 0.333. The summed E-state index contributed by atoms with van der Waals surface area (Å²) in [5.74, 6) is -0.161. The van der Waals surface area contributed by atoms with Crippen LogP contribution < -0.4 is 4.74 Å². The summed E-state index contributed by atoms with van der Waals surface area (Å²) in [6, 6.07) is 8.66. The third kappa shape index (κ3) is 7.61. The second-order valence-corrected chi connectivity index (χ2v) is 9.08. The van der Waals surface area contributed by atoms with Gasteiger partial charge in [0.25, 0.3) is 15.8 Å². The third-order valence-corrected chi connectivity index (χ3v) is 5.28. The molecule has 11 heteroatoms. The Morgan fingerprint density at radius 2 is 1.83 bits per heavy atom. The van der Waals surface area contributed by atoms with Crippen LogP contribution in [0, 0.1) is 15.9 Å². The quantitative estimate of drug-likeness (QED) is 0.238. The van der Waals surface area contributed by atoms with E-state index in [0.29, 0.717) is 17.2 Å². The predicted molar refractivity (Wildman–Crippen MR) is 107 cm³/mol. The van der Waals surface area contributed by atoms with Gasteiger partial charge in [0.05, 0.1) is 22.1 Å². The molecule has 0 spiro atoms. The van der Waals surface area contributed by atoms with Crippen LogP contribution in [0.2, 0.25) is 0 Å². The Labute approximate surface area is 172 Å². The number of ether oxygens (including phenoxy) is 1. The molecule has 0 N–H and O–H groups in total. The monoisotopic (exact) mass is 444 g/mol. The number of hydrogen-bond donors (Lipinski definition) is 0. The van der Waals surface area contributed by atoms with Gasteiger partial charge in [0, 0.05) is 11.4 Å². The summed E-state index contributed by atoms with van der Waals surface area (Å²) in [5, 5.41) is 11.2. The molecule has 0 aromatic heterocycles. The number of nitro groups is 1. The molecule has 0 saturated carbocycles. The van der Waals surface area contributed by atoms with Crippen molar-refractivity contribution < 1.29 is 26.7 Å². The van der Waals surface area contributed by atoms with Crippen molar-refractivity contribution in [1.82, 2.24) is 4.90 Å². The molecule has 0 radical (unpaired) electrons. The number of nitro benzene ring substituents is 1. The first-order chi connectivity index (χ1) is 13.5. The molecule has 29 heavy (non-hydrogen) atoms. The Bertz CT molecular complexity index is 982. The molecule has 0 unspecified atom stereocenters. The summed E-state index contributed by atoms with van der Waals surface area (Å²) in [6.07, 6.45) is 0.961. The molecule has 0 aliphatic rings. The lowest BCUT2D eigenvalue weighted by Gasteiger charge is -2.16. The highest BCUT2D eigenvalue weighted by Crippen LogP contribution is 2.38. The van der Waals surface area contributed by atoms with E-state index in [1.165, 1.54) is 23.9 Å².